The second-order valence-electron chi connectivity index (χ2n) is 6.66. The smallest absolute Gasteiger partial charge is 0.341 e. The second kappa shape index (κ2) is 7.17. The van der Waals surface area contributed by atoms with E-state index in [1.165, 1.54) is 17.4 Å². The number of rotatable bonds is 5. The molecule has 3 aliphatic rings. The van der Waals surface area contributed by atoms with Gasteiger partial charge in [-0.15, -0.1) is 15.7 Å². The Kier molecular flexibility index (Phi) is 4.84. The van der Waals surface area contributed by atoms with Crippen molar-refractivity contribution < 1.29 is 22.7 Å². The maximum absolute atomic E-state index is 12.9. The summed E-state index contributed by atoms with van der Waals surface area (Å²) in [5.41, 5.74) is 1.43. The molecule has 28 heavy (non-hydrogen) atoms. The number of allylic oxidation sites excluding steroid dienone is 2. The molecule has 3 heterocycles. The van der Waals surface area contributed by atoms with Gasteiger partial charge < -0.3 is 15.0 Å². The molecular weight excluding hydrogens is 402 g/mol. The Morgan fingerprint density at radius 2 is 2.18 bits per heavy atom. The van der Waals surface area contributed by atoms with Crippen LogP contribution in [0.4, 0.5) is 5.00 Å². The number of esters is 1. The molecule has 0 atom stereocenters. The van der Waals surface area contributed by atoms with E-state index in [1.54, 1.807) is 24.1 Å². The first-order valence-electron chi connectivity index (χ1n) is 8.97. The maximum atomic E-state index is 12.9. The zero-order valence-corrected chi connectivity index (χ0v) is 16.8. The fourth-order valence-electron chi connectivity index (χ4n) is 3.14. The van der Waals surface area contributed by atoms with E-state index in [4.69, 9.17) is 4.74 Å². The van der Waals surface area contributed by atoms with Crippen LogP contribution in [0.1, 0.15) is 41.6 Å². The zero-order valence-electron chi connectivity index (χ0n) is 15.2. The molecule has 0 spiro atoms. The summed E-state index contributed by atoms with van der Waals surface area (Å²) in [6.45, 7) is 2.21. The number of carbonyl (C=O) groups excluding carboxylic acids is 2. The summed E-state index contributed by atoms with van der Waals surface area (Å²) in [5, 5.41) is 5.04. The Hall–Kier alpha value is -2.46. The molecule has 0 saturated heterocycles. The first kappa shape index (κ1) is 18.9. The number of carbonyl (C=O) groups is 2. The predicted molar refractivity (Wildman–Crippen MR) is 106 cm³/mol. The first-order valence-corrected chi connectivity index (χ1v) is 11.5. The largest absolute Gasteiger partial charge is 0.462 e. The molecule has 1 aromatic heterocycles. The van der Waals surface area contributed by atoms with Crippen LogP contribution in [0, 0.1) is 0 Å². The molecule has 1 aromatic rings. The van der Waals surface area contributed by atoms with Crippen molar-refractivity contribution in [3.63, 3.8) is 0 Å². The molecule has 0 unspecified atom stereocenters. The average Bonchev–Trinajstić information content (AvgIpc) is 3.41. The zero-order chi connectivity index (χ0) is 19.9. The number of hydrogen-bond acceptors (Lipinski definition) is 7. The molecule has 2 aliphatic heterocycles. The minimum absolute atomic E-state index is 0.0988. The number of sulfonamides is 1. The van der Waals surface area contributed by atoms with E-state index in [2.05, 4.69) is 9.71 Å². The minimum Gasteiger partial charge on any atom is -0.462 e. The standard InChI is InChI=1S/C18H19N3O5S2/c1-2-26-18(23)14-13(11-5-6-11)10-27-17(14)19-16(22)12-4-3-7-21-8-9-28(24,25)20-15(12)21/h3-4,7,10-11H,2,5-6,8-9H2,1H3,(H,19,22). The van der Waals surface area contributed by atoms with Gasteiger partial charge in [0.2, 0.25) is 0 Å². The number of ether oxygens (including phenoxy) is 1. The van der Waals surface area contributed by atoms with Crippen LogP contribution in [0.15, 0.2) is 33.7 Å². The number of thiophene rings is 1. The van der Waals surface area contributed by atoms with E-state index in [0.29, 0.717) is 16.5 Å². The van der Waals surface area contributed by atoms with Crippen molar-refractivity contribution in [2.75, 3.05) is 24.2 Å². The van der Waals surface area contributed by atoms with Gasteiger partial charge in [0.15, 0.2) is 5.84 Å². The molecular formula is C18H19N3O5S2. The number of nitrogens with zero attached hydrogens (tertiary/aromatic N) is 2. The summed E-state index contributed by atoms with van der Waals surface area (Å²) >= 11 is 1.27. The van der Waals surface area contributed by atoms with Crippen molar-refractivity contribution in [3.05, 3.63) is 40.4 Å². The lowest BCUT2D eigenvalue weighted by Gasteiger charge is -2.28. The van der Waals surface area contributed by atoms with Crippen LogP contribution in [0.3, 0.4) is 0 Å². The number of anilines is 1. The van der Waals surface area contributed by atoms with Gasteiger partial charge in [-0.1, -0.05) is 0 Å². The van der Waals surface area contributed by atoms with Gasteiger partial charge in [-0.05, 0) is 48.8 Å². The van der Waals surface area contributed by atoms with Crippen molar-refractivity contribution in [1.29, 1.82) is 0 Å². The molecule has 1 fully saturated rings. The number of nitrogens with one attached hydrogen (secondary N) is 1. The van der Waals surface area contributed by atoms with Gasteiger partial charge in [0.25, 0.3) is 15.9 Å². The maximum Gasteiger partial charge on any atom is 0.341 e. The lowest BCUT2D eigenvalue weighted by atomic mass is 10.1. The van der Waals surface area contributed by atoms with E-state index >= 15 is 0 Å². The molecule has 0 bridgehead atoms. The fourth-order valence-corrected chi connectivity index (χ4v) is 5.15. The molecule has 10 heteroatoms. The highest BCUT2D eigenvalue weighted by Gasteiger charge is 2.34. The summed E-state index contributed by atoms with van der Waals surface area (Å²) in [5.74, 6) is -0.652. The van der Waals surface area contributed by atoms with E-state index in [1.807, 2.05) is 5.38 Å². The quantitative estimate of drug-likeness (QED) is 0.731. The van der Waals surface area contributed by atoms with Gasteiger partial charge in [-0.3, -0.25) is 4.79 Å². The van der Waals surface area contributed by atoms with E-state index in [0.717, 1.165) is 18.4 Å². The Labute approximate surface area is 166 Å². The van der Waals surface area contributed by atoms with Gasteiger partial charge in [0.1, 0.15) is 5.00 Å². The van der Waals surface area contributed by atoms with Crippen LogP contribution in [-0.4, -0.2) is 49.9 Å². The highest BCUT2D eigenvalue weighted by molar-refractivity contribution is 7.90. The normalized spacial score (nSPS) is 20.1. The van der Waals surface area contributed by atoms with Gasteiger partial charge in [0.05, 0.1) is 23.5 Å². The third-order valence-corrected chi connectivity index (χ3v) is 6.71. The SMILES string of the molecule is CCOC(=O)c1c(C2CC2)csc1NC(=O)C1=CC=CN2CCS(=O)(=O)N=C12. The predicted octanol–water partition coefficient (Wildman–Crippen LogP) is 2.24. The molecule has 1 N–H and O–H groups in total. The topological polar surface area (TPSA) is 105 Å². The summed E-state index contributed by atoms with van der Waals surface area (Å²) in [4.78, 5) is 27.0. The van der Waals surface area contributed by atoms with Crippen LogP contribution < -0.4 is 5.32 Å². The van der Waals surface area contributed by atoms with Gasteiger partial charge in [-0.25, -0.2) is 13.2 Å². The van der Waals surface area contributed by atoms with E-state index in [9.17, 15) is 18.0 Å². The Balaban J connectivity index is 1.64. The third-order valence-electron chi connectivity index (χ3n) is 4.65. The highest BCUT2D eigenvalue weighted by atomic mass is 32.2. The lowest BCUT2D eigenvalue weighted by molar-refractivity contribution is -0.112. The molecule has 148 valence electrons. The Bertz CT molecular complexity index is 1030. The number of amidine groups is 1. The van der Waals surface area contributed by atoms with Crippen LogP contribution in [0.5, 0.6) is 0 Å². The van der Waals surface area contributed by atoms with Crippen molar-refractivity contribution in [2.24, 2.45) is 4.40 Å². The van der Waals surface area contributed by atoms with Gasteiger partial charge in [0, 0.05) is 12.7 Å². The number of amides is 1. The van der Waals surface area contributed by atoms with Crippen LogP contribution in [0.2, 0.25) is 0 Å². The second-order valence-corrected chi connectivity index (χ2v) is 9.29. The van der Waals surface area contributed by atoms with Crippen LogP contribution in [0.25, 0.3) is 0 Å². The van der Waals surface area contributed by atoms with Gasteiger partial charge >= 0.3 is 5.97 Å². The lowest BCUT2D eigenvalue weighted by Crippen LogP contribution is -2.40. The van der Waals surface area contributed by atoms with Crippen molar-refractivity contribution in [3.8, 4) is 0 Å². The fraction of sp³-hybridized carbons (Fsp3) is 0.389. The van der Waals surface area contributed by atoms with Crippen molar-refractivity contribution >= 4 is 44.1 Å². The molecule has 1 saturated carbocycles. The van der Waals surface area contributed by atoms with Crippen molar-refractivity contribution in [2.45, 2.75) is 25.7 Å². The Morgan fingerprint density at radius 1 is 1.39 bits per heavy atom. The van der Waals surface area contributed by atoms with E-state index in [-0.39, 0.29) is 30.3 Å². The molecule has 8 nitrogen and oxygen atoms in total. The highest BCUT2D eigenvalue weighted by Crippen LogP contribution is 2.46. The Morgan fingerprint density at radius 3 is 2.89 bits per heavy atom. The molecule has 0 aromatic carbocycles. The number of hydrogen-bond donors (Lipinski definition) is 1. The van der Waals surface area contributed by atoms with Gasteiger partial charge in [-0.2, -0.15) is 0 Å². The minimum atomic E-state index is -3.60. The molecule has 0 radical (unpaired) electrons. The summed E-state index contributed by atoms with van der Waals surface area (Å²) in [6.07, 6.45) is 6.89. The third kappa shape index (κ3) is 3.61. The molecule has 4 rings (SSSR count). The molecule has 1 amide bonds. The van der Waals surface area contributed by atoms with Crippen LogP contribution in [-0.2, 0) is 19.6 Å². The number of fused-ring (bicyclic) bond motifs is 1. The van der Waals surface area contributed by atoms with E-state index < -0.39 is 21.9 Å². The summed E-state index contributed by atoms with van der Waals surface area (Å²) in [6, 6.07) is 0. The van der Waals surface area contributed by atoms with Crippen LogP contribution >= 0.6 is 11.3 Å². The van der Waals surface area contributed by atoms with Crippen molar-refractivity contribution in [1.82, 2.24) is 4.90 Å². The average molecular weight is 422 g/mol. The first-order chi connectivity index (χ1) is 13.4. The summed E-state index contributed by atoms with van der Waals surface area (Å²) < 4.78 is 32.7. The monoisotopic (exact) mass is 421 g/mol. The molecule has 1 aliphatic carbocycles. The summed E-state index contributed by atoms with van der Waals surface area (Å²) in [7, 11) is -3.60.